The maximum atomic E-state index is 12.5. The van der Waals surface area contributed by atoms with Crippen LogP contribution >= 0.6 is 46.2 Å². The number of H-pyrrole nitrogens is 1. The third kappa shape index (κ3) is 4.94. The Morgan fingerprint density at radius 1 is 1.25 bits per heavy atom. The van der Waals surface area contributed by atoms with Crippen molar-refractivity contribution in [1.82, 2.24) is 25.5 Å². The molecule has 3 rings (SSSR count). The summed E-state index contributed by atoms with van der Waals surface area (Å²) in [6, 6.07) is 0. The monoisotopic (exact) mass is 455 g/mol. The lowest BCUT2D eigenvalue weighted by molar-refractivity contribution is -0.118. The van der Waals surface area contributed by atoms with Crippen LogP contribution in [0.5, 0.6) is 0 Å². The van der Waals surface area contributed by atoms with Crippen LogP contribution in [0.15, 0.2) is 13.5 Å². The van der Waals surface area contributed by atoms with Gasteiger partial charge in [-0.2, -0.15) is 0 Å². The fourth-order valence-electron chi connectivity index (χ4n) is 2.42. The van der Waals surface area contributed by atoms with E-state index in [4.69, 9.17) is 0 Å². The van der Waals surface area contributed by atoms with E-state index in [0.717, 1.165) is 30.4 Å². The van der Waals surface area contributed by atoms with Gasteiger partial charge in [0.15, 0.2) is 8.68 Å². The molecule has 3 heterocycles. The Balaban J connectivity index is 1.66. The molecule has 0 saturated carbocycles. The normalized spacial score (nSPS) is 12.4. The molecule has 3 aromatic heterocycles. The Labute approximate surface area is 179 Å². The molecule has 2 N–H and O–H groups in total. The minimum Gasteiger partial charge on any atom is -0.355 e. The third-order valence-electron chi connectivity index (χ3n) is 4.01. The number of thiophene rings is 1. The van der Waals surface area contributed by atoms with Gasteiger partial charge in [0.1, 0.15) is 10.7 Å². The zero-order valence-electron chi connectivity index (χ0n) is 16.0. The number of nitrogens with zero attached hydrogens (tertiary/aromatic N) is 3. The van der Waals surface area contributed by atoms with E-state index in [1.807, 2.05) is 27.7 Å². The Morgan fingerprint density at radius 3 is 2.75 bits per heavy atom. The van der Waals surface area contributed by atoms with Crippen LogP contribution in [0.3, 0.4) is 0 Å². The number of amides is 1. The largest absolute Gasteiger partial charge is 0.355 e. The molecule has 0 aliphatic carbocycles. The predicted molar refractivity (Wildman–Crippen MR) is 118 cm³/mol. The number of carbonyl (C=O) groups is 1. The topological polar surface area (TPSA) is 101 Å². The number of carbonyl (C=O) groups excluding carboxylic acids is 1. The van der Waals surface area contributed by atoms with E-state index in [-0.39, 0.29) is 16.7 Å². The molecule has 0 unspecified atom stereocenters. The fraction of sp³-hybridized carbons (Fsp3) is 0.471. The van der Waals surface area contributed by atoms with Crippen molar-refractivity contribution < 1.29 is 4.79 Å². The minimum atomic E-state index is -0.0964. The summed E-state index contributed by atoms with van der Waals surface area (Å²) in [5.41, 5.74) is 0.898. The Hall–Kier alpha value is -1.43. The summed E-state index contributed by atoms with van der Waals surface area (Å²) in [5.74, 6) is 0.964. The van der Waals surface area contributed by atoms with Crippen molar-refractivity contribution in [3.63, 3.8) is 0 Å². The fourth-order valence-corrected chi connectivity index (χ4v) is 6.51. The first-order chi connectivity index (χ1) is 13.4. The molecular weight excluding hydrogens is 434 g/mol. The number of aryl methyl sites for hydroxylation is 2. The molecule has 1 atom stereocenters. The van der Waals surface area contributed by atoms with Crippen molar-refractivity contribution in [3.05, 3.63) is 26.6 Å². The highest BCUT2D eigenvalue weighted by Crippen LogP contribution is 2.37. The second-order valence-electron chi connectivity index (χ2n) is 6.15. The molecule has 1 amide bonds. The molecule has 0 aromatic carbocycles. The van der Waals surface area contributed by atoms with Crippen molar-refractivity contribution in [2.24, 2.45) is 0 Å². The number of rotatable bonds is 8. The van der Waals surface area contributed by atoms with E-state index in [9.17, 15) is 9.59 Å². The highest BCUT2D eigenvalue weighted by atomic mass is 32.2. The molecule has 0 aliphatic rings. The maximum Gasteiger partial charge on any atom is 0.259 e. The van der Waals surface area contributed by atoms with E-state index in [0.29, 0.717) is 23.5 Å². The first kappa shape index (κ1) is 21.3. The van der Waals surface area contributed by atoms with Crippen molar-refractivity contribution in [2.75, 3.05) is 12.3 Å². The molecule has 0 radical (unpaired) electrons. The highest BCUT2D eigenvalue weighted by Gasteiger charge is 2.18. The van der Waals surface area contributed by atoms with Crippen LogP contribution in [-0.2, 0) is 4.79 Å². The molecular formula is C17H21N5O2S4. The molecule has 3 aromatic rings. The van der Waals surface area contributed by atoms with E-state index in [1.54, 1.807) is 11.3 Å². The molecule has 7 nitrogen and oxygen atoms in total. The lowest BCUT2D eigenvalue weighted by Gasteiger charge is -2.07. The van der Waals surface area contributed by atoms with Gasteiger partial charge in [-0.15, -0.1) is 21.5 Å². The molecule has 150 valence electrons. The number of aromatic amines is 1. The summed E-state index contributed by atoms with van der Waals surface area (Å²) >= 11 is 5.86. The summed E-state index contributed by atoms with van der Waals surface area (Å²) < 4.78 is 1.54. The van der Waals surface area contributed by atoms with Gasteiger partial charge in [-0.25, -0.2) is 4.98 Å². The van der Waals surface area contributed by atoms with E-state index in [2.05, 4.69) is 25.5 Å². The van der Waals surface area contributed by atoms with Gasteiger partial charge in [0.25, 0.3) is 5.56 Å². The summed E-state index contributed by atoms with van der Waals surface area (Å²) in [6.45, 7) is 8.64. The standard InChI is InChI=1S/C17H21N5O2S4/c1-5-6-18-11(23)7-25-16-21-22-17(28-16)27-10(4)13-19-14(24)12-8(2)9(3)26-15(12)20-13/h10H,5-7H2,1-4H3,(H,18,23)(H,19,20,24)/t10-/m0/s1. The van der Waals surface area contributed by atoms with Gasteiger partial charge < -0.3 is 10.3 Å². The summed E-state index contributed by atoms with van der Waals surface area (Å²) in [4.78, 5) is 33.6. The van der Waals surface area contributed by atoms with Crippen LogP contribution in [0.2, 0.25) is 0 Å². The van der Waals surface area contributed by atoms with Crippen molar-refractivity contribution >= 4 is 62.3 Å². The number of nitrogens with one attached hydrogen (secondary N) is 2. The van der Waals surface area contributed by atoms with Gasteiger partial charge in [-0.3, -0.25) is 9.59 Å². The van der Waals surface area contributed by atoms with Crippen LogP contribution < -0.4 is 10.9 Å². The number of fused-ring (bicyclic) bond motifs is 1. The highest BCUT2D eigenvalue weighted by molar-refractivity contribution is 8.03. The Bertz CT molecular complexity index is 1040. The van der Waals surface area contributed by atoms with Gasteiger partial charge in [-0.05, 0) is 32.8 Å². The molecule has 0 saturated heterocycles. The maximum absolute atomic E-state index is 12.5. The second kappa shape index (κ2) is 9.38. The van der Waals surface area contributed by atoms with Gasteiger partial charge in [-0.1, -0.05) is 41.8 Å². The SMILES string of the molecule is CCCNC(=O)CSc1nnc(S[C@@H](C)c2nc3sc(C)c(C)c3c(=O)[nH]2)s1. The van der Waals surface area contributed by atoms with Crippen LogP contribution in [0.4, 0.5) is 0 Å². The zero-order valence-corrected chi connectivity index (χ0v) is 19.3. The van der Waals surface area contributed by atoms with Crippen LogP contribution in [0.25, 0.3) is 10.2 Å². The second-order valence-corrected chi connectivity index (χ2v) is 11.1. The quantitative estimate of drug-likeness (QED) is 0.496. The van der Waals surface area contributed by atoms with Crippen LogP contribution in [-0.4, -0.2) is 38.4 Å². The minimum absolute atomic E-state index is 0.00114. The first-order valence-electron chi connectivity index (χ1n) is 8.78. The number of hydrogen-bond acceptors (Lipinski definition) is 9. The first-order valence-corrected chi connectivity index (χ1v) is 12.3. The smallest absolute Gasteiger partial charge is 0.259 e. The summed E-state index contributed by atoms with van der Waals surface area (Å²) in [5, 5.41) is 11.8. The number of thioether (sulfide) groups is 2. The van der Waals surface area contributed by atoms with Crippen LogP contribution in [0, 0.1) is 13.8 Å². The Morgan fingerprint density at radius 2 is 2.00 bits per heavy atom. The van der Waals surface area contributed by atoms with E-state index < -0.39 is 0 Å². The molecule has 28 heavy (non-hydrogen) atoms. The van der Waals surface area contributed by atoms with Gasteiger partial charge >= 0.3 is 0 Å². The molecule has 11 heteroatoms. The average Bonchev–Trinajstić information content (AvgIpc) is 3.22. The van der Waals surface area contributed by atoms with Gasteiger partial charge in [0, 0.05) is 11.4 Å². The molecule has 0 bridgehead atoms. The van der Waals surface area contributed by atoms with Crippen molar-refractivity contribution in [2.45, 2.75) is 48.0 Å². The number of hydrogen-bond donors (Lipinski definition) is 2. The Kier molecular flexibility index (Phi) is 7.13. The summed E-state index contributed by atoms with van der Waals surface area (Å²) in [7, 11) is 0. The average molecular weight is 456 g/mol. The van der Waals surface area contributed by atoms with Crippen LogP contribution in [0.1, 0.15) is 41.8 Å². The van der Waals surface area contributed by atoms with E-state index >= 15 is 0 Å². The molecule has 0 fully saturated rings. The summed E-state index contributed by atoms with van der Waals surface area (Å²) in [6.07, 6.45) is 0.917. The zero-order chi connectivity index (χ0) is 20.3. The lowest BCUT2D eigenvalue weighted by atomic mass is 10.2. The predicted octanol–water partition coefficient (Wildman–Crippen LogP) is 3.92. The van der Waals surface area contributed by atoms with Crippen molar-refractivity contribution in [1.29, 1.82) is 0 Å². The van der Waals surface area contributed by atoms with Crippen molar-refractivity contribution in [3.8, 4) is 0 Å². The lowest BCUT2D eigenvalue weighted by Crippen LogP contribution is -2.25. The van der Waals surface area contributed by atoms with E-state index in [1.165, 1.54) is 34.9 Å². The molecule has 0 spiro atoms. The van der Waals surface area contributed by atoms with Gasteiger partial charge in [0.2, 0.25) is 5.91 Å². The third-order valence-corrected chi connectivity index (χ3v) is 8.36. The van der Waals surface area contributed by atoms with Gasteiger partial charge in [0.05, 0.1) is 16.4 Å². The number of aromatic nitrogens is 4. The molecule has 0 aliphatic heterocycles.